The standard InChI is InChI=1S/C23H25F6NO/c1-30(2)20-8-9-21(13-20,17-6-4-3-5-7-17)15-31-14-16-10-18(22(24,25)26)12-19(11-16)23(27,28)29/h3-7,10-12,20H,8-9,13-15H2,1-2H3. The molecule has 1 fully saturated rings. The first-order chi connectivity index (χ1) is 14.4. The molecule has 2 aromatic carbocycles. The molecule has 1 saturated carbocycles. The molecule has 8 heteroatoms. The third-order valence-electron chi connectivity index (χ3n) is 5.99. The molecule has 0 N–H and O–H groups in total. The quantitative estimate of drug-likeness (QED) is 0.485. The molecule has 2 unspecified atom stereocenters. The van der Waals surface area contributed by atoms with Crippen molar-refractivity contribution >= 4 is 0 Å². The first-order valence-corrected chi connectivity index (χ1v) is 9.99. The molecule has 0 aromatic heterocycles. The Balaban J connectivity index is 1.81. The molecule has 1 aliphatic carbocycles. The van der Waals surface area contributed by atoms with Crippen LogP contribution in [0.15, 0.2) is 48.5 Å². The van der Waals surface area contributed by atoms with Gasteiger partial charge in [0, 0.05) is 11.5 Å². The van der Waals surface area contributed by atoms with Crippen molar-refractivity contribution in [2.24, 2.45) is 0 Å². The molecule has 0 heterocycles. The largest absolute Gasteiger partial charge is 0.416 e. The van der Waals surface area contributed by atoms with Crippen LogP contribution in [0.2, 0.25) is 0 Å². The van der Waals surface area contributed by atoms with E-state index in [2.05, 4.69) is 4.90 Å². The fourth-order valence-corrected chi connectivity index (χ4v) is 4.27. The zero-order valence-corrected chi connectivity index (χ0v) is 17.4. The summed E-state index contributed by atoms with van der Waals surface area (Å²) in [6, 6.07) is 11.6. The van der Waals surface area contributed by atoms with E-state index in [9.17, 15) is 26.3 Å². The van der Waals surface area contributed by atoms with Gasteiger partial charge in [0.2, 0.25) is 0 Å². The van der Waals surface area contributed by atoms with Crippen LogP contribution in [0.5, 0.6) is 0 Å². The van der Waals surface area contributed by atoms with E-state index in [-0.39, 0.29) is 30.3 Å². The summed E-state index contributed by atoms with van der Waals surface area (Å²) in [6.45, 7) is -0.104. The molecular formula is C23H25F6NO. The van der Waals surface area contributed by atoms with Crippen LogP contribution in [0.3, 0.4) is 0 Å². The van der Waals surface area contributed by atoms with Crippen LogP contribution in [0.25, 0.3) is 0 Å². The fraction of sp³-hybridized carbons (Fsp3) is 0.478. The lowest BCUT2D eigenvalue weighted by molar-refractivity contribution is -0.143. The monoisotopic (exact) mass is 445 g/mol. The van der Waals surface area contributed by atoms with Gasteiger partial charge in [0.15, 0.2) is 0 Å². The average molecular weight is 445 g/mol. The van der Waals surface area contributed by atoms with Crippen molar-refractivity contribution in [3.05, 3.63) is 70.8 Å². The molecule has 0 radical (unpaired) electrons. The van der Waals surface area contributed by atoms with Gasteiger partial charge in [-0.15, -0.1) is 0 Å². The number of rotatable bonds is 6. The second-order valence-electron chi connectivity index (χ2n) is 8.41. The molecule has 0 aliphatic heterocycles. The fourth-order valence-electron chi connectivity index (χ4n) is 4.27. The summed E-state index contributed by atoms with van der Waals surface area (Å²) in [6.07, 6.45) is -7.17. The Kier molecular flexibility index (Phi) is 6.72. The molecule has 2 nitrogen and oxygen atoms in total. The summed E-state index contributed by atoms with van der Waals surface area (Å²) in [5.74, 6) is 0. The summed E-state index contributed by atoms with van der Waals surface area (Å²) in [5.41, 5.74) is -2.06. The van der Waals surface area contributed by atoms with Gasteiger partial charge in [0.05, 0.1) is 24.3 Å². The van der Waals surface area contributed by atoms with Crippen LogP contribution in [0, 0.1) is 0 Å². The van der Waals surface area contributed by atoms with E-state index in [0.717, 1.165) is 37.0 Å². The normalized spacial score (nSPS) is 22.3. The number of halogens is 6. The van der Waals surface area contributed by atoms with E-state index in [1.54, 1.807) is 0 Å². The van der Waals surface area contributed by atoms with Gasteiger partial charge in [-0.2, -0.15) is 26.3 Å². The third kappa shape index (κ3) is 5.60. The van der Waals surface area contributed by atoms with E-state index in [4.69, 9.17) is 4.74 Å². The molecule has 170 valence electrons. The van der Waals surface area contributed by atoms with Crippen molar-refractivity contribution in [2.75, 3.05) is 20.7 Å². The van der Waals surface area contributed by atoms with Gasteiger partial charge >= 0.3 is 12.4 Å². The van der Waals surface area contributed by atoms with Gasteiger partial charge in [0.25, 0.3) is 0 Å². The second kappa shape index (κ2) is 8.82. The summed E-state index contributed by atoms with van der Waals surface area (Å²) in [5, 5.41) is 0. The number of alkyl halides is 6. The number of nitrogens with zero attached hydrogens (tertiary/aromatic N) is 1. The van der Waals surface area contributed by atoms with Gasteiger partial charge in [-0.25, -0.2) is 0 Å². The molecule has 31 heavy (non-hydrogen) atoms. The van der Waals surface area contributed by atoms with Crippen LogP contribution in [-0.4, -0.2) is 31.6 Å². The highest BCUT2D eigenvalue weighted by Gasteiger charge is 2.42. The molecule has 0 spiro atoms. The van der Waals surface area contributed by atoms with Gasteiger partial charge in [-0.3, -0.25) is 0 Å². The maximum Gasteiger partial charge on any atom is 0.416 e. The van der Waals surface area contributed by atoms with Crippen molar-refractivity contribution in [3.63, 3.8) is 0 Å². The van der Waals surface area contributed by atoms with Crippen molar-refractivity contribution in [1.82, 2.24) is 4.90 Å². The van der Waals surface area contributed by atoms with E-state index in [1.807, 2.05) is 44.4 Å². The lowest BCUT2D eigenvalue weighted by Gasteiger charge is -2.31. The first kappa shape index (κ1) is 23.6. The third-order valence-corrected chi connectivity index (χ3v) is 5.99. The minimum atomic E-state index is -4.87. The van der Waals surface area contributed by atoms with Gasteiger partial charge in [-0.05, 0) is 62.7 Å². The maximum absolute atomic E-state index is 13.1. The summed E-state index contributed by atoms with van der Waals surface area (Å²) in [4.78, 5) is 2.13. The highest BCUT2D eigenvalue weighted by atomic mass is 19.4. The van der Waals surface area contributed by atoms with Gasteiger partial charge in [0.1, 0.15) is 0 Å². The van der Waals surface area contributed by atoms with E-state index in [0.29, 0.717) is 6.04 Å². The lowest BCUT2D eigenvalue weighted by Crippen LogP contribution is -2.33. The van der Waals surface area contributed by atoms with Crippen LogP contribution in [0.1, 0.15) is 41.5 Å². The molecule has 0 bridgehead atoms. The number of hydrogen-bond donors (Lipinski definition) is 0. The summed E-state index contributed by atoms with van der Waals surface area (Å²) < 4.78 is 84.3. The Morgan fingerprint density at radius 1 is 0.935 bits per heavy atom. The summed E-state index contributed by atoms with van der Waals surface area (Å²) >= 11 is 0. The smallest absolute Gasteiger partial charge is 0.376 e. The van der Waals surface area contributed by atoms with Crippen LogP contribution >= 0.6 is 0 Å². The number of ether oxygens (including phenoxy) is 1. The molecule has 3 rings (SSSR count). The minimum Gasteiger partial charge on any atom is -0.376 e. The van der Waals surface area contributed by atoms with Crippen molar-refractivity contribution in [1.29, 1.82) is 0 Å². The summed E-state index contributed by atoms with van der Waals surface area (Å²) in [7, 11) is 3.99. The highest BCUT2D eigenvalue weighted by molar-refractivity contribution is 5.33. The Hall–Kier alpha value is -2.06. The maximum atomic E-state index is 13.1. The zero-order chi connectivity index (χ0) is 22.9. The molecule has 0 saturated heterocycles. The van der Waals surface area contributed by atoms with Crippen LogP contribution < -0.4 is 0 Å². The zero-order valence-electron chi connectivity index (χ0n) is 17.4. The number of benzene rings is 2. The molecule has 0 amide bonds. The van der Waals surface area contributed by atoms with Crippen LogP contribution in [-0.2, 0) is 29.1 Å². The predicted molar refractivity (Wildman–Crippen MR) is 106 cm³/mol. The second-order valence-corrected chi connectivity index (χ2v) is 8.41. The van der Waals surface area contributed by atoms with Crippen LogP contribution in [0.4, 0.5) is 26.3 Å². The van der Waals surface area contributed by atoms with Crippen molar-refractivity contribution in [2.45, 2.75) is 49.7 Å². The predicted octanol–water partition coefficient (Wildman–Crippen LogP) is 6.29. The topological polar surface area (TPSA) is 12.5 Å². The minimum absolute atomic E-state index is 0.133. The molecule has 2 aromatic rings. The Bertz CT molecular complexity index is 846. The van der Waals surface area contributed by atoms with Gasteiger partial charge < -0.3 is 9.64 Å². The molecule has 2 atom stereocenters. The van der Waals surface area contributed by atoms with E-state index >= 15 is 0 Å². The van der Waals surface area contributed by atoms with E-state index in [1.165, 1.54) is 0 Å². The Morgan fingerprint density at radius 3 is 2.00 bits per heavy atom. The highest BCUT2D eigenvalue weighted by Crippen LogP contribution is 2.43. The Labute approximate surface area is 177 Å². The van der Waals surface area contributed by atoms with Crippen molar-refractivity contribution in [3.8, 4) is 0 Å². The van der Waals surface area contributed by atoms with Gasteiger partial charge in [-0.1, -0.05) is 30.3 Å². The van der Waals surface area contributed by atoms with E-state index < -0.39 is 23.5 Å². The first-order valence-electron chi connectivity index (χ1n) is 9.99. The van der Waals surface area contributed by atoms with Crippen molar-refractivity contribution < 1.29 is 31.1 Å². The number of hydrogen-bond acceptors (Lipinski definition) is 2. The SMILES string of the molecule is CN(C)C1CCC(COCc2cc(C(F)(F)F)cc(C(F)(F)F)c2)(c2ccccc2)C1. The average Bonchev–Trinajstić information content (AvgIpc) is 3.13. The molecular weight excluding hydrogens is 420 g/mol. The Morgan fingerprint density at radius 2 is 1.52 bits per heavy atom. The lowest BCUT2D eigenvalue weighted by atomic mass is 9.79. The molecule has 1 aliphatic rings.